The Morgan fingerprint density at radius 3 is 2.89 bits per heavy atom. The Morgan fingerprint density at radius 1 is 1.32 bits per heavy atom. The largest absolute Gasteiger partial charge is 0.453 e. The van der Waals surface area contributed by atoms with Crippen molar-refractivity contribution < 1.29 is 18.5 Å². The molecule has 2 heterocycles. The van der Waals surface area contributed by atoms with E-state index in [9.17, 15) is 4.79 Å². The first-order chi connectivity index (χ1) is 9.22. The molecule has 0 atom stereocenters. The molecule has 0 saturated heterocycles. The van der Waals surface area contributed by atoms with E-state index in [-0.39, 0.29) is 12.4 Å². The molecular formula is C14H11NO4. The third kappa shape index (κ3) is 2.35. The number of furan rings is 1. The molecule has 0 fully saturated rings. The number of aromatic nitrogens is 1. The maximum absolute atomic E-state index is 11.8. The Labute approximate surface area is 108 Å². The van der Waals surface area contributed by atoms with Crippen molar-refractivity contribution in [1.29, 1.82) is 0 Å². The van der Waals surface area contributed by atoms with Crippen LogP contribution in [0.2, 0.25) is 0 Å². The minimum Gasteiger partial charge on any atom is -0.453 e. The number of carbonyl (C=O) groups excluding carboxylic acids is 1. The molecule has 0 amide bonds. The van der Waals surface area contributed by atoms with E-state index in [4.69, 9.17) is 13.7 Å². The van der Waals surface area contributed by atoms with Crippen LogP contribution in [0.5, 0.6) is 0 Å². The van der Waals surface area contributed by atoms with Crippen molar-refractivity contribution >= 4 is 16.9 Å². The maximum Gasteiger partial charge on any atom is 0.374 e. The van der Waals surface area contributed by atoms with Crippen molar-refractivity contribution in [1.82, 2.24) is 5.16 Å². The number of esters is 1. The van der Waals surface area contributed by atoms with Crippen molar-refractivity contribution in [3.8, 4) is 0 Å². The second-order valence-corrected chi connectivity index (χ2v) is 4.15. The molecule has 19 heavy (non-hydrogen) atoms. The van der Waals surface area contributed by atoms with Crippen molar-refractivity contribution in [3.63, 3.8) is 0 Å². The Bertz CT molecular complexity index is 693. The van der Waals surface area contributed by atoms with Crippen molar-refractivity contribution in [2.75, 3.05) is 0 Å². The Hall–Kier alpha value is -2.56. The smallest absolute Gasteiger partial charge is 0.374 e. The summed E-state index contributed by atoms with van der Waals surface area (Å²) in [6.07, 6.45) is 0. The molecule has 2 aromatic heterocycles. The van der Waals surface area contributed by atoms with Gasteiger partial charge < -0.3 is 13.7 Å². The lowest BCUT2D eigenvalue weighted by Gasteiger charge is -1.98. The number of benzene rings is 1. The van der Waals surface area contributed by atoms with E-state index < -0.39 is 5.97 Å². The first-order valence-corrected chi connectivity index (χ1v) is 5.80. The number of hydrogen-bond donors (Lipinski definition) is 0. The zero-order chi connectivity index (χ0) is 13.2. The monoisotopic (exact) mass is 257 g/mol. The fraction of sp³-hybridized carbons (Fsp3) is 0.143. The second-order valence-electron chi connectivity index (χ2n) is 4.15. The van der Waals surface area contributed by atoms with Crippen LogP contribution in [0.4, 0.5) is 0 Å². The number of ether oxygens (including phenoxy) is 1. The third-order valence-electron chi connectivity index (χ3n) is 2.65. The van der Waals surface area contributed by atoms with Gasteiger partial charge in [-0.3, -0.25) is 0 Å². The van der Waals surface area contributed by atoms with Gasteiger partial charge >= 0.3 is 5.97 Å². The minimum atomic E-state index is -0.517. The first-order valence-electron chi connectivity index (χ1n) is 5.80. The van der Waals surface area contributed by atoms with Crippen LogP contribution in [-0.4, -0.2) is 11.1 Å². The van der Waals surface area contributed by atoms with Crippen LogP contribution < -0.4 is 0 Å². The van der Waals surface area contributed by atoms with Crippen LogP contribution in [0.3, 0.4) is 0 Å². The van der Waals surface area contributed by atoms with E-state index in [2.05, 4.69) is 5.16 Å². The number of fused-ring (bicyclic) bond motifs is 1. The predicted molar refractivity (Wildman–Crippen MR) is 66.6 cm³/mol. The molecule has 5 nitrogen and oxygen atoms in total. The SMILES string of the molecule is Cc1cc(COC(=O)c2cc3ccccc3o2)no1. The van der Waals surface area contributed by atoms with Gasteiger partial charge in [-0.25, -0.2) is 4.79 Å². The quantitative estimate of drug-likeness (QED) is 0.674. The summed E-state index contributed by atoms with van der Waals surface area (Å²) in [5.41, 5.74) is 1.23. The average Bonchev–Trinajstić information content (AvgIpc) is 3.01. The topological polar surface area (TPSA) is 65.5 Å². The second kappa shape index (κ2) is 4.61. The molecule has 0 spiro atoms. The fourth-order valence-corrected chi connectivity index (χ4v) is 1.78. The van der Waals surface area contributed by atoms with Gasteiger partial charge in [0.2, 0.25) is 5.76 Å². The molecule has 0 saturated carbocycles. The summed E-state index contributed by atoms with van der Waals surface area (Å²) >= 11 is 0. The number of carbonyl (C=O) groups is 1. The number of nitrogens with zero attached hydrogens (tertiary/aromatic N) is 1. The lowest BCUT2D eigenvalue weighted by atomic mass is 10.2. The van der Waals surface area contributed by atoms with Crippen molar-refractivity contribution in [3.05, 3.63) is 53.6 Å². The van der Waals surface area contributed by atoms with E-state index >= 15 is 0 Å². The first kappa shape index (κ1) is 11.5. The van der Waals surface area contributed by atoms with Crippen LogP contribution in [0.25, 0.3) is 11.0 Å². The summed E-state index contributed by atoms with van der Waals surface area (Å²) < 4.78 is 15.4. The molecule has 3 rings (SSSR count). The molecule has 0 unspecified atom stereocenters. The molecular weight excluding hydrogens is 246 g/mol. The van der Waals surface area contributed by atoms with E-state index in [1.165, 1.54) is 0 Å². The average molecular weight is 257 g/mol. The molecule has 5 heteroatoms. The highest BCUT2D eigenvalue weighted by Crippen LogP contribution is 2.19. The van der Waals surface area contributed by atoms with E-state index in [0.717, 1.165) is 5.39 Å². The van der Waals surface area contributed by atoms with Crippen LogP contribution in [0.15, 0.2) is 45.3 Å². The number of rotatable bonds is 3. The highest BCUT2D eigenvalue weighted by atomic mass is 16.5. The summed E-state index contributed by atoms with van der Waals surface area (Å²) in [5.74, 6) is 0.341. The van der Waals surface area contributed by atoms with Gasteiger partial charge in [-0.15, -0.1) is 0 Å². The summed E-state index contributed by atoms with van der Waals surface area (Å²) in [6, 6.07) is 10.8. The highest BCUT2D eigenvalue weighted by molar-refractivity contribution is 5.92. The van der Waals surface area contributed by atoms with Gasteiger partial charge in [-0.05, 0) is 19.1 Å². The standard InChI is InChI=1S/C14H11NO4/c1-9-6-11(15-19-9)8-17-14(16)13-7-10-4-2-3-5-12(10)18-13/h2-7H,8H2,1H3. The molecule has 3 aromatic rings. The van der Waals surface area contributed by atoms with Crippen molar-refractivity contribution in [2.45, 2.75) is 13.5 Å². The molecule has 1 aromatic carbocycles. The van der Waals surface area contributed by atoms with E-state index in [0.29, 0.717) is 17.0 Å². The highest BCUT2D eigenvalue weighted by Gasteiger charge is 2.14. The van der Waals surface area contributed by atoms with Crippen LogP contribution in [-0.2, 0) is 11.3 Å². The zero-order valence-electron chi connectivity index (χ0n) is 10.3. The Balaban J connectivity index is 1.73. The van der Waals surface area contributed by atoms with E-state index in [1.54, 1.807) is 25.1 Å². The molecule has 0 radical (unpaired) electrons. The summed E-state index contributed by atoms with van der Waals surface area (Å²) in [4.78, 5) is 11.8. The summed E-state index contributed by atoms with van der Waals surface area (Å²) in [7, 11) is 0. The van der Waals surface area contributed by atoms with Gasteiger partial charge in [0.25, 0.3) is 0 Å². The van der Waals surface area contributed by atoms with Gasteiger partial charge in [0.05, 0.1) is 0 Å². The normalized spacial score (nSPS) is 10.8. The van der Waals surface area contributed by atoms with E-state index in [1.807, 2.05) is 18.2 Å². The predicted octanol–water partition coefficient (Wildman–Crippen LogP) is 3.09. The van der Waals surface area contributed by atoms with Gasteiger partial charge in [0.15, 0.2) is 0 Å². The summed E-state index contributed by atoms with van der Waals surface area (Å²) in [6.45, 7) is 1.84. The van der Waals surface area contributed by atoms with Gasteiger partial charge in [0.1, 0.15) is 23.6 Å². The third-order valence-corrected chi connectivity index (χ3v) is 2.65. The molecule has 96 valence electrons. The fourth-order valence-electron chi connectivity index (χ4n) is 1.78. The lowest BCUT2D eigenvalue weighted by Crippen LogP contribution is -2.03. The van der Waals surface area contributed by atoms with Crippen LogP contribution in [0, 0.1) is 6.92 Å². The minimum absolute atomic E-state index is 0.0627. The zero-order valence-corrected chi connectivity index (χ0v) is 10.3. The van der Waals surface area contributed by atoms with Crippen molar-refractivity contribution in [2.24, 2.45) is 0 Å². The van der Waals surface area contributed by atoms with Gasteiger partial charge in [0, 0.05) is 11.5 Å². The molecule has 0 aliphatic heterocycles. The molecule has 0 aliphatic carbocycles. The molecule has 0 N–H and O–H groups in total. The van der Waals surface area contributed by atoms with Crippen LogP contribution >= 0.6 is 0 Å². The lowest BCUT2D eigenvalue weighted by molar-refractivity contribution is 0.0430. The Morgan fingerprint density at radius 2 is 2.16 bits per heavy atom. The maximum atomic E-state index is 11.8. The van der Waals surface area contributed by atoms with Gasteiger partial charge in [-0.1, -0.05) is 23.4 Å². The van der Waals surface area contributed by atoms with Crippen LogP contribution in [0.1, 0.15) is 22.0 Å². The molecule has 0 aliphatic rings. The Kier molecular flexibility index (Phi) is 2.79. The molecule has 0 bridgehead atoms. The number of aryl methyl sites for hydroxylation is 1. The number of hydrogen-bond acceptors (Lipinski definition) is 5. The summed E-state index contributed by atoms with van der Waals surface area (Å²) in [5, 5.41) is 4.61. The number of para-hydroxylation sites is 1. The van der Waals surface area contributed by atoms with Gasteiger partial charge in [-0.2, -0.15) is 0 Å².